The van der Waals surface area contributed by atoms with E-state index < -0.39 is 0 Å². The molecule has 1 aromatic rings. The predicted molar refractivity (Wildman–Crippen MR) is 58.9 cm³/mol. The number of nitrogens with zero attached hydrogens (tertiary/aromatic N) is 1. The summed E-state index contributed by atoms with van der Waals surface area (Å²) in [7, 11) is 1.65. The number of amides is 1. The Hall–Kier alpha value is -1.71. The van der Waals surface area contributed by atoms with Gasteiger partial charge in [-0.3, -0.25) is 4.90 Å². The van der Waals surface area contributed by atoms with Gasteiger partial charge >= 0.3 is 6.09 Å². The lowest BCUT2D eigenvalue weighted by Crippen LogP contribution is -2.37. The Bertz CT molecular complexity index is 444. The predicted octanol–water partition coefficient (Wildman–Crippen LogP) is 1.97. The van der Waals surface area contributed by atoms with Crippen LogP contribution in [0.25, 0.3) is 0 Å². The van der Waals surface area contributed by atoms with Crippen LogP contribution in [-0.4, -0.2) is 25.9 Å². The molecule has 4 heteroatoms. The molecule has 1 aromatic carbocycles. The summed E-state index contributed by atoms with van der Waals surface area (Å²) in [6.07, 6.45) is 1.71. The third-order valence-electron chi connectivity index (χ3n) is 3.25. The minimum atomic E-state index is -0.226. The van der Waals surface area contributed by atoms with Crippen LogP contribution >= 0.6 is 0 Å². The zero-order chi connectivity index (χ0) is 11.1. The van der Waals surface area contributed by atoms with Crippen molar-refractivity contribution >= 4 is 11.8 Å². The van der Waals surface area contributed by atoms with Crippen molar-refractivity contribution in [2.75, 3.05) is 18.6 Å². The van der Waals surface area contributed by atoms with E-state index in [0.717, 1.165) is 29.8 Å². The summed E-state index contributed by atoms with van der Waals surface area (Å²) in [6.45, 7) is 0.518. The molecule has 2 aliphatic rings. The van der Waals surface area contributed by atoms with Gasteiger partial charge in [-0.05, 0) is 36.6 Å². The van der Waals surface area contributed by atoms with Gasteiger partial charge in [0.15, 0.2) is 0 Å². The van der Waals surface area contributed by atoms with E-state index in [2.05, 4.69) is 0 Å². The number of cyclic esters (lactones) is 1. The maximum Gasteiger partial charge on any atom is 0.414 e. The van der Waals surface area contributed by atoms with E-state index in [4.69, 9.17) is 9.47 Å². The highest BCUT2D eigenvalue weighted by molar-refractivity contribution is 5.92. The van der Waals surface area contributed by atoms with Gasteiger partial charge in [0.2, 0.25) is 0 Å². The summed E-state index contributed by atoms with van der Waals surface area (Å²) in [5.41, 5.74) is 2.13. The van der Waals surface area contributed by atoms with Gasteiger partial charge in [0.25, 0.3) is 0 Å². The Morgan fingerprint density at radius 3 is 3.19 bits per heavy atom. The number of fused-ring (bicyclic) bond motifs is 3. The van der Waals surface area contributed by atoms with Gasteiger partial charge in [0, 0.05) is 0 Å². The van der Waals surface area contributed by atoms with Crippen LogP contribution in [0.3, 0.4) is 0 Å². The lowest BCUT2D eigenvalue weighted by molar-refractivity contribution is 0.178. The highest BCUT2D eigenvalue weighted by atomic mass is 16.6. The first-order valence-electron chi connectivity index (χ1n) is 5.42. The van der Waals surface area contributed by atoms with Crippen LogP contribution in [0.4, 0.5) is 10.5 Å². The van der Waals surface area contributed by atoms with Gasteiger partial charge in [0.05, 0.1) is 18.8 Å². The standard InChI is InChI=1S/C12H13NO3/c1-15-10-4-5-11-8(6-10)2-3-9-7-16-12(14)13(9)11/h4-6,9H,2-3,7H2,1H3/t9-/m0/s1. The largest absolute Gasteiger partial charge is 0.497 e. The van der Waals surface area contributed by atoms with Crippen molar-refractivity contribution < 1.29 is 14.3 Å². The molecule has 0 bridgehead atoms. The highest BCUT2D eigenvalue weighted by Gasteiger charge is 2.37. The minimum absolute atomic E-state index is 0.216. The molecule has 0 N–H and O–H groups in total. The van der Waals surface area contributed by atoms with Crippen LogP contribution in [0, 0.1) is 0 Å². The average Bonchev–Trinajstić information content (AvgIpc) is 2.70. The molecule has 2 aliphatic heterocycles. The second kappa shape index (κ2) is 3.40. The molecule has 16 heavy (non-hydrogen) atoms. The van der Waals surface area contributed by atoms with E-state index in [-0.39, 0.29) is 12.1 Å². The van der Waals surface area contributed by atoms with Crippen molar-refractivity contribution in [3.63, 3.8) is 0 Å². The van der Waals surface area contributed by atoms with Crippen LogP contribution in [0.2, 0.25) is 0 Å². The molecule has 0 radical (unpaired) electrons. The molecule has 1 atom stereocenters. The van der Waals surface area contributed by atoms with Gasteiger partial charge in [-0.1, -0.05) is 0 Å². The van der Waals surface area contributed by atoms with Crippen LogP contribution < -0.4 is 9.64 Å². The Morgan fingerprint density at radius 2 is 2.38 bits per heavy atom. The van der Waals surface area contributed by atoms with Crippen molar-refractivity contribution in [2.45, 2.75) is 18.9 Å². The summed E-state index contributed by atoms with van der Waals surface area (Å²) in [4.78, 5) is 13.4. The molecule has 0 aromatic heterocycles. The maximum atomic E-state index is 11.6. The summed E-state index contributed by atoms with van der Waals surface area (Å²) in [5, 5.41) is 0. The summed E-state index contributed by atoms with van der Waals surface area (Å²) in [5.74, 6) is 0.838. The molecule has 1 amide bonds. The second-order valence-corrected chi connectivity index (χ2v) is 4.13. The van der Waals surface area contributed by atoms with E-state index in [1.807, 2.05) is 18.2 Å². The van der Waals surface area contributed by atoms with Crippen molar-refractivity contribution in [1.29, 1.82) is 0 Å². The summed E-state index contributed by atoms with van der Waals surface area (Å²) in [6, 6.07) is 6.03. The summed E-state index contributed by atoms with van der Waals surface area (Å²) < 4.78 is 10.3. The second-order valence-electron chi connectivity index (χ2n) is 4.13. The number of carbonyl (C=O) groups excluding carboxylic acids is 1. The van der Waals surface area contributed by atoms with E-state index in [0.29, 0.717) is 6.61 Å². The maximum absolute atomic E-state index is 11.6. The monoisotopic (exact) mass is 219 g/mol. The van der Waals surface area contributed by atoms with Crippen molar-refractivity contribution in [1.82, 2.24) is 0 Å². The van der Waals surface area contributed by atoms with E-state index >= 15 is 0 Å². The Kier molecular flexibility index (Phi) is 2.02. The molecule has 2 heterocycles. The Morgan fingerprint density at radius 1 is 1.50 bits per heavy atom. The first kappa shape index (κ1) is 9.51. The third-order valence-corrected chi connectivity index (χ3v) is 3.25. The van der Waals surface area contributed by atoms with E-state index in [9.17, 15) is 4.79 Å². The van der Waals surface area contributed by atoms with Crippen molar-refractivity contribution in [3.05, 3.63) is 23.8 Å². The lowest BCUT2D eigenvalue weighted by Gasteiger charge is -2.29. The molecule has 3 rings (SSSR count). The molecule has 0 unspecified atom stereocenters. The molecule has 0 saturated carbocycles. The van der Waals surface area contributed by atoms with Crippen LogP contribution in [0.15, 0.2) is 18.2 Å². The first-order valence-corrected chi connectivity index (χ1v) is 5.42. The molecule has 4 nitrogen and oxygen atoms in total. The van der Waals surface area contributed by atoms with Gasteiger partial charge in [0.1, 0.15) is 12.4 Å². The van der Waals surface area contributed by atoms with Crippen molar-refractivity contribution in [3.8, 4) is 5.75 Å². The van der Waals surface area contributed by atoms with Crippen molar-refractivity contribution in [2.24, 2.45) is 0 Å². The average molecular weight is 219 g/mol. The SMILES string of the molecule is COc1ccc2c(c1)CC[C@H]1COC(=O)N21. The third kappa shape index (κ3) is 1.26. The number of ether oxygens (including phenoxy) is 2. The number of carbonyl (C=O) groups is 1. The van der Waals surface area contributed by atoms with Gasteiger partial charge < -0.3 is 9.47 Å². The number of anilines is 1. The molecular formula is C12H13NO3. The van der Waals surface area contributed by atoms with Gasteiger partial charge in [-0.15, -0.1) is 0 Å². The number of benzene rings is 1. The number of methoxy groups -OCH3 is 1. The Labute approximate surface area is 93.8 Å². The number of hydrogen-bond acceptors (Lipinski definition) is 3. The fourth-order valence-corrected chi connectivity index (χ4v) is 2.41. The normalized spacial score (nSPS) is 22.4. The fraction of sp³-hybridized carbons (Fsp3) is 0.417. The zero-order valence-corrected chi connectivity index (χ0v) is 9.10. The number of aryl methyl sites for hydroxylation is 1. The zero-order valence-electron chi connectivity index (χ0n) is 9.10. The molecule has 0 spiro atoms. The smallest absolute Gasteiger partial charge is 0.414 e. The van der Waals surface area contributed by atoms with Crippen LogP contribution in [0.1, 0.15) is 12.0 Å². The number of hydrogen-bond donors (Lipinski definition) is 0. The van der Waals surface area contributed by atoms with Gasteiger partial charge in [-0.2, -0.15) is 0 Å². The molecule has 84 valence electrons. The molecule has 0 aliphatic carbocycles. The lowest BCUT2D eigenvalue weighted by atomic mass is 9.97. The first-order chi connectivity index (χ1) is 7.79. The van der Waals surface area contributed by atoms with Gasteiger partial charge in [-0.25, -0.2) is 4.79 Å². The van der Waals surface area contributed by atoms with Crippen LogP contribution in [0.5, 0.6) is 5.75 Å². The van der Waals surface area contributed by atoms with E-state index in [1.165, 1.54) is 0 Å². The number of rotatable bonds is 1. The topological polar surface area (TPSA) is 38.8 Å². The molecule has 1 saturated heterocycles. The Balaban J connectivity index is 2.05. The fourth-order valence-electron chi connectivity index (χ4n) is 2.41. The summed E-state index contributed by atoms with van der Waals surface area (Å²) >= 11 is 0. The quantitative estimate of drug-likeness (QED) is 0.724. The molecule has 1 fully saturated rings. The minimum Gasteiger partial charge on any atom is -0.497 e. The highest BCUT2D eigenvalue weighted by Crippen LogP contribution is 2.36. The van der Waals surface area contributed by atoms with Crippen LogP contribution in [-0.2, 0) is 11.2 Å². The molecular weight excluding hydrogens is 206 g/mol. The van der Waals surface area contributed by atoms with E-state index in [1.54, 1.807) is 12.0 Å².